The lowest BCUT2D eigenvalue weighted by Crippen LogP contribution is -1.95. The highest BCUT2D eigenvalue weighted by Gasteiger charge is 2.11. The fourth-order valence-corrected chi connectivity index (χ4v) is 1.94. The van der Waals surface area contributed by atoms with Gasteiger partial charge in [0.2, 0.25) is 5.75 Å². The Balaban J connectivity index is 2.96. The summed E-state index contributed by atoms with van der Waals surface area (Å²) in [5, 5.41) is 1.02. The predicted molar refractivity (Wildman–Crippen MR) is 78.2 cm³/mol. The molecule has 0 radical (unpaired) electrons. The molecule has 1 aromatic carbocycles. The molecule has 0 fully saturated rings. The van der Waals surface area contributed by atoms with Gasteiger partial charge in [-0.3, -0.25) is 0 Å². The van der Waals surface area contributed by atoms with E-state index in [0.29, 0.717) is 17.2 Å². The first-order valence-electron chi connectivity index (χ1n) is 5.79. The fraction of sp³-hybridized carbons (Fsp3) is 0.429. The molecule has 0 N–H and O–H groups in total. The van der Waals surface area contributed by atoms with Gasteiger partial charge < -0.3 is 14.2 Å². The maximum atomic E-state index is 5.30. The van der Waals surface area contributed by atoms with Crippen molar-refractivity contribution in [3.05, 3.63) is 23.8 Å². The van der Waals surface area contributed by atoms with Crippen molar-refractivity contribution in [3.63, 3.8) is 0 Å². The smallest absolute Gasteiger partial charge is 0.203 e. The maximum Gasteiger partial charge on any atom is 0.203 e. The first-order valence-corrected chi connectivity index (χ1v) is 6.91. The van der Waals surface area contributed by atoms with Crippen LogP contribution < -0.4 is 14.2 Å². The molecule has 1 rings (SSSR count). The van der Waals surface area contributed by atoms with Crippen LogP contribution in [0.3, 0.4) is 0 Å². The van der Waals surface area contributed by atoms with Gasteiger partial charge in [0.05, 0.1) is 21.3 Å². The minimum Gasteiger partial charge on any atom is -0.493 e. The van der Waals surface area contributed by atoms with Gasteiger partial charge in [-0.1, -0.05) is 28.1 Å². The molecule has 0 spiro atoms. The van der Waals surface area contributed by atoms with Crippen molar-refractivity contribution in [1.29, 1.82) is 0 Å². The van der Waals surface area contributed by atoms with E-state index in [9.17, 15) is 0 Å². The Morgan fingerprint density at radius 1 is 1.06 bits per heavy atom. The van der Waals surface area contributed by atoms with Crippen LogP contribution in [0.2, 0.25) is 0 Å². The number of benzene rings is 1. The van der Waals surface area contributed by atoms with Gasteiger partial charge in [-0.15, -0.1) is 0 Å². The molecule has 100 valence electrons. The third-order valence-corrected chi connectivity index (χ3v) is 3.06. The Labute approximate surface area is 117 Å². The number of methoxy groups -OCH3 is 3. The molecule has 18 heavy (non-hydrogen) atoms. The van der Waals surface area contributed by atoms with Crippen LogP contribution in [0.25, 0.3) is 6.08 Å². The van der Waals surface area contributed by atoms with Crippen molar-refractivity contribution >= 4 is 22.0 Å². The molecule has 0 aliphatic carbocycles. The largest absolute Gasteiger partial charge is 0.493 e. The second-order valence-electron chi connectivity index (χ2n) is 3.69. The van der Waals surface area contributed by atoms with Gasteiger partial charge in [0.1, 0.15) is 0 Å². The van der Waals surface area contributed by atoms with Gasteiger partial charge in [-0.2, -0.15) is 0 Å². The average molecular weight is 315 g/mol. The standard InChI is InChI=1S/C14H19BrO3/c1-16-12-9-11(7-5-4-6-8-15)10-13(17-2)14(12)18-3/h5,7,9-10H,4,6,8H2,1-3H3. The SMILES string of the molecule is COc1cc(C=CCCCBr)cc(OC)c1OC. The summed E-state index contributed by atoms with van der Waals surface area (Å²) in [6.07, 6.45) is 6.37. The molecule has 0 atom stereocenters. The molecular weight excluding hydrogens is 296 g/mol. The minimum absolute atomic E-state index is 0.623. The lowest BCUT2D eigenvalue weighted by Gasteiger charge is -2.12. The highest BCUT2D eigenvalue weighted by molar-refractivity contribution is 9.09. The van der Waals surface area contributed by atoms with Crippen LogP contribution in [0.15, 0.2) is 18.2 Å². The highest BCUT2D eigenvalue weighted by Crippen LogP contribution is 2.38. The summed E-state index contributed by atoms with van der Waals surface area (Å²) < 4.78 is 15.9. The van der Waals surface area contributed by atoms with E-state index in [1.807, 2.05) is 12.1 Å². The number of halogens is 1. The Morgan fingerprint density at radius 2 is 1.67 bits per heavy atom. The zero-order chi connectivity index (χ0) is 13.4. The van der Waals surface area contributed by atoms with Crippen LogP contribution in [0.5, 0.6) is 17.2 Å². The van der Waals surface area contributed by atoms with Crippen molar-refractivity contribution < 1.29 is 14.2 Å². The molecule has 0 aromatic heterocycles. The summed E-state index contributed by atoms with van der Waals surface area (Å²) >= 11 is 3.41. The summed E-state index contributed by atoms with van der Waals surface area (Å²) in [6.45, 7) is 0. The van der Waals surface area contributed by atoms with Crippen molar-refractivity contribution in [1.82, 2.24) is 0 Å². The van der Waals surface area contributed by atoms with Crippen LogP contribution in [0, 0.1) is 0 Å². The maximum absolute atomic E-state index is 5.30. The molecule has 0 unspecified atom stereocenters. The number of alkyl halides is 1. The predicted octanol–water partition coefficient (Wildman–Crippen LogP) is 3.90. The average Bonchev–Trinajstić information content (AvgIpc) is 2.42. The molecule has 0 bridgehead atoms. The first kappa shape index (κ1) is 14.9. The number of ether oxygens (including phenoxy) is 3. The Hall–Kier alpha value is -1.16. The first-order chi connectivity index (χ1) is 8.76. The van der Waals surface area contributed by atoms with E-state index in [2.05, 4.69) is 28.1 Å². The van der Waals surface area contributed by atoms with Gasteiger partial charge >= 0.3 is 0 Å². The normalized spacial score (nSPS) is 10.7. The summed E-state index contributed by atoms with van der Waals surface area (Å²) in [5.41, 5.74) is 1.04. The minimum atomic E-state index is 0.623. The van der Waals surface area contributed by atoms with E-state index in [4.69, 9.17) is 14.2 Å². The van der Waals surface area contributed by atoms with Crippen molar-refractivity contribution in [2.75, 3.05) is 26.7 Å². The van der Waals surface area contributed by atoms with Crippen molar-refractivity contribution in [3.8, 4) is 17.2 Å². The Kier molecular flexibility index (Phi) is 6.65. The second kappa shape index (κ2) is 8.03. The molecule has 3 nitrogen and oxygen atoms in total. The number of allylic oxidation sites excluding steroid dienone is 1. The molecule has 0 heterocycles. The Bertz CT molecular complexity index is 377. The van der Waals surface area contributed by atoms with Gasteiger partial charge in [-0.05, 0) is 30.5 Å². The lowest BCUT2D eigenvalue weighted by molar-refractivity contribution is 0.324. The van der Waals surface area contributed by atoms with Gasteiger partial charge in [-0.25, -0.2) is 0 Å². The van der Waals surface area contributed by atoms with E-state index in [-0.39, 0.29) is 0 Å². The highest BCUT2D eigenvalue weighted by atomic mass is 79.9. The van der Waals surface area contributed by atoms with Crippen LogP contribution in [-0.2, 0) is 0 Å². The Morgan fingerprint density at radius 3 is 2.11 bits per heavy atom. The summed E-state index contributed by atoms with van der Waals surface area (Å²) in [5.74, 6) is 1.98. The quantitative estimate of drug-likeness (QED) is 0.564. The second-order valence-corrected chi connectivity index (χ2v) is 4.49. The lowest BCUT2D eigenvalue weighted by atomic mass is 10.1. The van der Waals surface area contributed by atoms with Gasteiger partial charge in [0, 0.05) is 5.33 Å². The molecule has 0 aliphatic rings. The summed E-state index contributed by atoms with van der Waals surface area (Å²) in [7, 11) is 4.84. The van der Waals surface area contributed by atoms with E-state index >= 15 is 0 Å². The number of hydrogen-bond donors (Lipinski definition) is 0. The molecular formula is C14H19BrO3. The van der Waals surface area contributed by atoms with E-state index in [0.717, 1.165) is 23.7 Å². The topological polar surface area (TPSA) is 27.7 Å². The third-order valence-electron chi connectivity index (χ3n) is 2.50. The molecule has 1 aromatic rings. The van der Waals surface area contributed by atoms with Crippen molar-refractivity contribution in [2.24, 2.45) is 0 Å². The third kappa shape index (κ3) is 3.95. The summed E-state index contributed by atoms with van der Waals surface area (Å²) in [4.78, 5) is 0. The number of rotatable bonds is 7. The zero-order valence-electron chi connectivity index (χ0n) is 11.0. The van der Waals surface area contributed by atoms with Crippen LogP contribution in [0.4, 0.5) is 0 Å². The number of unbranched alkanes of at least 4 members (excludes halogenated alkanes) is 1. The molecule has 0 amide bonds. The van der Waals surface area contributed by atoms with E-state index in [1.54, 1.807) is 21.3 Å². The molecule has 4 heteroatoms. The van der Waals surface area contributed by atoms with Crippen LogP contribution in [-0.4, -0.2) is 26.7 Å². The monoisotopic (exact) mass is 314 g/mol. The van der Waals surface area contributed by atoms with Crippen molar-refractivity contribution in [2.45, 2.75) is 12.8 Å². The van der Waals surface area contributed by atoms with Crippen LogP contribution in [0.1, 0.15) is 18.4 Å². The van der Waals surface area contributed by atoms with E-state index < -0.39 is 0 Å². The zero-order valence-corrected chi connectivity index (χ0v) is 12.6. The molecule has 0 aliphatic heterocycles. The fourth-order valence-electron chi connectivity index (χ4n) is 1.61. The number of hydrogen-bond acceptors (Lipinski definition) is 3. The summed E-state index contributed by atoms with van der Waals surface area (Å²) in [6, 6.07) is 3.87. The van der Waals surface area contributed by atoms with Crippen LogP contribution >= 0.6 is 15.9 Å². The van der Waals surface area contributed by atoms with Gasteiger partial charge in [0.25, 0.3) is 0 Å². The van der Waals surface area contributed by atoms with Gasteiger partial charge in [0.15, 0.2) is 11.5 Å². The molecule has 0 saturated heterocycles. The van der Waals surface area contributed by atoms with E-state index in [1.165, 1.54) is 0 Å². The molecule has 0 saturated carbocycles.